The summed E-state index contributed by atoms with van der Waals surface area (Å²) < 4.78 is 0.774. The standard InChI is InChI=1S/C16H16N4OS3/c1-11-7-8-22-13(11)9-17-14(21)10-23-16-20-19-15(24-16)18-12-5-3-2-4-6-12/h2-8H,9-10H2,1H3,(H,17,21)(H,18,19). The lowest BCUT2D eigenvalue weighted by atomic mass is 10.3. The maximum absolute atomic E-state index is 11.9. The van der Waals surface area contributed by atoms with Gasteiger partial charge in [0.25, 0.3) is 0 Å². The van der Waals surface area contributed by atoms with Crippen molar-refractivity contribution < 1.29 is 4.79 Å². The van der Waals surface area contributed by atoms with Crippen molar-refractivity contribution in [3.8, 4) is 0 Å². The van der Waals surface area contributed by atoms with Gasteiger partial charge < -0.3 is 10.6 Å². The Kier molecular flexibility index (Phi) is 5.84. The highest BCUT2D eigenvalue weighted by atomic mass is 32.2. The molecule has 0 aliphatic rings. The van der Waals surface area contributed by atoms with Crippen molar-refractivity contribution in [2.75, 3.05) is 11.1 Å². The van der Waals surface area contributed by atoms with E-state index in [9.17, 15) is 4.79 Å². The molecule has 8 heteroatoms. The Bertz CT molecular complexity index is 801. The summed E-state index contributed by atoms with van der Waals surface area (Å²) in [5.74, 6) is 0.338. The summed E-state index contributed by atoms with van der Waals surface area (Å²) in [5, 5.41) is 17.1. The van der Waals surface area contributed by atoms with Gasteiger partial charge in [-0.25, -0.2) is 0 Å². The first-order valence-electron chi connectivity index (χ1n) is 7.29. The molecule has 0 aliphatic carbocycles. The van der Waals surface area contributed by atoms with E-state index in [0.29, 0.717) is 12.3 Å². The van der Waals surface area contributed by atoms with E-state index in [1.807, 2.05) is 35.7 Å². The van der Waals surface area contributed by atoms with Gasteiger partial charge in [0.05, 0.1) is 12.3 Å². The second kappa shape index (κ2) is 8.27. The summed E-state index contributed by atoms with van der Waals surface area (Å²) in [4.78, 5) is 13.1. The number of thiophene rings is 1. The molecule has 3 rings (SSSR count). The third kappa shape index (κ3) is 4.80. The molecule has 1 amide bonds. The van der Waals surface area contributed by atoms with E-state index in [2.05, 4.69) is 33.8 Å². The molecule has 0 bridgehead atoms. The van der Waals surface area contributed by atoms with Crippen LogP contribution in [0.1, 0.15) is 10.4 Å². The minimum Gasteiger partial charge on any atom is -0.350 e. The average molecular weight is 377 g/mol. The van der Waals surface area contributed by atoms with Gasteiger partial charge in [-0.3, -0.25) is 4.79 Å². The van der Waals surface area contributed by atoms with Gasteiger partial charge in [0.2, 0.25) is 11.0 Å². The number of rotatable bonds is 7. The smallest absolute Gasteiger partial charge is 0.230 e. The van der Waals surface area contributed by atoms with Crippen LogP contribution in [0.25, 0.3) is 0 Å². The lowest BCUT2D eigenvalue weighted by molar-refractivity contribution is -0.118. The van der Waals surface area contributed by atoms with Gasteiger partial charge in [0, 0.05) is 10.6 Å². The molecule has 5 nitrogen and oxygen atoms in total. The molecule has 2 aromatic heterocycles. The van der Waals surface area contributed by atoms with Crippen LogP contribution in [0.3, 0.4) is 0 Å². The molecular formula is C16H16N4OS3. The largest absolute Gasteiger partial charge is 0.350 e. The quantitative estimate of drug-likeness (QED) is 0.609. The number of aromatic nitrogens is 2. The Labute approximate surface area is 152 Å². The first-order valence-corrected chi connectivity index (χ1v) is 9.97. The number of aryl methyl sites for hydroxylation is 1. The molecule has 0 aliphatic heterocycles. The maximum atomic E-state index is 11.9. The van der Waals surface area contributed by atoms with Crippen LogP contribution in [-0.4, -0.2) is 21.9 Å². The third-order valence-electron chi connectivity index (χ3n) is 3.17. The van der Waals surface area contributed by atoms with Crippen molar-refractivity contribution >= 4 is 51.2 Å². The maximum Gasteiger partial charge on any atom is 0.230 e. The Balaban J connectivity index is 1.45. The number of hydrogen-bond donors (Lipinski definition) is 2. The molecule has 0 radical (unpaired) electrons. The molecule has 0 saturated carbocycles. The number of anilines is 2. The lowest BCUT2D eigenvalue weighted by Crippen LogP contribution is -2.24. The first-order chi connectivity index (χ1) is 11.7. The van der Waals surface area contributed by atoms with Crippen LogP contribution >= 0.6 is 34.4 Å². The number of benzene rings is 1. The third-order valence-corrected chi connectivity index (χ3v) is 6.17. The molecule has 0 atom stereocenters. The number of hydrogen-bond acceptors (Lipinski definition) is 7. The van der Waals surface area contributed by atoms with Crippen molar-refractivity contribution in [1.82, 2.24) is 15.5 Å². The van der Waals surface area contributed by atoms with Crippen molar-refractivity contribution in [3.63, 3.8) is 0 Å². The number of nitrogens with one attached hydrogen (secondary N) is 2. The summed E-state index contributed by atoms with van der Waals surface area (Å²) in [6, 6.07) is 11.9. The van der Waals surface area contributed by atoms with Gasteiger partial charge in [0.1, 0.15) is 0 Å². The summed E-state index contributed by atoms with van der Waals surface area (Å²) in [7, 11) is 0. The Morgan fingerprint density at radius 3 is 2.79 bits per heavy atom. The minimum absolute atomic E-state index is 0.000526. The first kappa shape index (κ1) is 16.9. The van der Waals surface area contributed by atoms with Gasteiger partial charge in [-0.1, -0.05) is 41.3 Å². The van der Waals surface area contributed by atoms with Crippen molar-refractivity contribution in [1.29, 1.82) is 0 Å². The molecule has 2 heterocycles. The normalized spacial score (nSPS) is 10.5. The molecule has 0 fully saturated rings. The van der Waals surface area contributed by atoms with Gasteiger partial charge >= 0.3 is 0 Å². The SMILES string of the molecule is Cc1ccsc1CNC(=O)CSc1nnc(Nc2ccccc2)s1. The van der Waals surface area contributed by atoms with Crippen LogP contribution in [0.2, 0.25) is 0 Å². The van der Waals surface area contributed by atoms with Crippen molar-refractivity contribution in [3.05, 3.63) is 52.2 Å². The van der Waals surface area contributed by atoms with E-state index >= 15 is 0 Å². The Morgan fingerprint density at radius 2 is 2.04 bits per heavy atom. The fourth-order valence-corrected chi connectivity index (χ4v) is 4.35. The summed E-state index contributed by atoms with van der Waals surface area (Å²) in [6.07, 6.45) is 0. The molecule has 0 saturated heterocycles. The van der Waals surface area contributed by atoms with Gasteiger partial charge in [-0.15, -0.1) is 21.5 Å². The van der Waals surface area contributed by atoms with E-state index in [4.69, 9.17) is 0 Å². The minimum atomic E-state index is 0.000526. The Morgan fingerprint density at radius 1 is 1.21 bits per heavy atom. The topological polar surface area (TPSA) is 66.9 Å². The average Bonchev–Trinajstić information content (AvgIpc) is 3.21. The summed E-state index contributed by atoms with van der Waals surface area (Å²) >= 11 is 4.50. The van der Waals surface area contributed by atoms with Crippen LogP contribution < -0.4 is 10.6 Å². The number of thioether (sulfide) groups is 1. The fraction of sp³-hybridized carbons (Fsp3) is 0.188. The summed E-state index contributed by atoms with van der Waals surface area (Å²) in [6.45, 7) is 2.63. The van der Waals surface area contributed by atoms with E-state index in [1.165, 1.54) is 33.5 Å². The molecule has 3 aromatic rings. The van der Waals surface area contributed by atoms with Gasteiger partial charge in [-0.2, -0.15) is 0 Å². The van der Waals surface area contributed by atoms with Gasteiger partial charge in [-0.05, 0) is 36.1 Å². The van der Waals surface area contributed by atoms with E-state index in [0.717, 1.165) is 15.2 Å². The van der Waals surface area contributed by atoms with E-state index in [-0.39, 0.29) is 5.91 Å². The number of carbonyl (C=O) groups excluding carboxylic acids is 1. The summed E-state index contributed by atoms with van der Waals surface area (Å²) in [5.41, 5.74) is 2.18. The van der Waals surface area contributed by atoms with Gasteiger partial charge in [0.15, 0.2) is 4.34 Å². The van der Waals surface area contributed by atoms with E-state index < -0.39 is 0 Å². The van der Waals surface area contributed by atoms with E-state index in [1.54, 1.807) is 11.3 Å². The number of para-hydroxylation sites is 1. The molecule has 0 spiro atoms. The molecular weight excluding hydrogens is 360 g/mol. The van der Waals surface area contributed by atoms with Crippen LogP contribution in [0.5, 0.6) is 0 Å². The van der Waals surface area contributed by atoms with Crippen LogP contribution in [0, 0.1) is 6.92 Å². The van der Waals surface area contributed by atoms with Crippen molar-refractivity contribution in [2.45, 2.75) is 17.8 Å². The number of nitrogens with zero attached hydrogens (tertiary/aromatic N) is 2. The van der Waals surface area contributed by atoms with Crippen LogP contribution in [0.15, 0.2) is 46.1 Å². The highest BCUT2D eigenvalue weighted by Gasteiger charge is 2.09. The molecule has 24 heavy (non-hydrogen) atoms. The highest BCUT2D eigenvalue weighted by Crippen LogP contribution is 2.27. The molecule has 2 N–H and O–H groups in total. The zero-order valence-corrected chi connectivity index (χ0v) is 15.4. The lowest BCUT2D eigenvalue weighted by Gasteiger charge is -2.03. The molecule has 0 unspecified atom stereocenters. The van der Waals surface area contributed by atoms with Crippen molar-refractivity contribution in [2.24, 2.45) is 0 Å². The predicted octanol–water partition coefficient (Wildman–Crippen LogP) is 4.06. The second-order valence-electron chi connectivity index (χ2n) is 4.96. The van der Waals surface area contributed by atoms with Crippen LogP contribution in [0.4, 0.5) is 10.8 Å². The predicted molar refractivity (Wildman–Crippen MR) is 101 cm³/mol. The Hall–Kier alpha value is -1.90. The van der Waals surface area contributed by atoms with Crippen LogP contribution in [-0.2, 0) is 11.3 Å². The number of carbonyl (C=O) groups is 1. The fourth-order valence-electron chi connectivity index (χ4n) is 1.91. The zero-order valence-electron chi connectivity index (χ0n) is 13.0. The monoisotopic (exact) mass is 376 g/mol. The molecule has 124 valence electrons. The molecule has 1 aromatic carbocycles. The zero-order chi connectivity index (χ0) is 16.8. The highest BCUT2D eigenvalue weighted by molar-refractivity contribution is 8.01. The number of amides is 1. The second-order valence-corrected chi connectivity index (χ2v) is 8.16.